The molecule has 0 aliphatic rings. The van der Waals surface area contributed by atoms with E-state index in [0.717, 1.165) is 5.56 Å². The minimum Gasteiger partial charge on any atom is -0.228 e. The van der Waals surface area contributed by atoms with Crippen LogP contribution in [-0.4, -0.2) is 13.2 Å². The van der Waals surface area contributed by atoms with Crippen LogP contribution >= 0.6 is 11.6 Å². The van der Waals surface area contributed by atoms with Crippen molar-refractivity contribution in [1.29, 1.82) is 0 Å². The van der Waals surface area contributed by atoms with Gasteiger partial charge in [0, 0.05) is 5.02 Å². The molecule has 0 N–H and O–H groups in total. The molecule has 0 aliphatic carbocycles. The first-order valence-corrected chi connectivity index (χ1v) is 7.14. The van der Waals surface area contributed by atoms with E-state index in [9.17, 15) is 8.42 Å². The molecular weight excluding hydrogens is 244 g/mol. The third kappa shape index (κ3) is 2.98. The van der Waals surface area contributed by atoms with Crippen molar-refractivity contribution in [3.8, 4) is 0 Å². The quantitative estimate of drug-likeness (QED) is 0.817. The molecule has 1 aromatic carbocycles. The number of hydrogen-bond acceptors (Lipinski definition) is 2. The topological polar surface area (TPSA) is 34.1 Å². The molecule has 0 fully saturated rings. The molecule has 90 valence electrons. The Morgan fingerprint density at radius 1 is 1.25 bits per heavy atom. The van der Waals surface area contributed by atoms with Gasteiger partial charge in [-0.2, -0.15) is 0 Å². The Labute approximate surface area is 103 Å². The van der Waals surface area contributed by atoms with E-state index >= 15 is 0 Å². The zero-order valence-corrected chi connectivity index (χ0v) is 11.6. The fourth-order valence-electron chi connectivity index (χ4n) is 1.24. The summed E-state index contributed by atoms with van der Waals surface area (Å²) in [4.78, 5) is 0. The second-order valence-electron chi connectivity index (χ2n) is 4.97. The standard InChI is InChI=1S/C12H17ClO2S/c1-9-5-6-11(13)10(7-9)8-16(14,15)12(2,3)4/h5-7H,8H2,1-4H3. The van der Waals surface area contributed by atoms with Crippen molar-refractivity contribution in [3.05, 3.63) is 34.3 Å². The molecule has 0 atom stereocenters. The lowest BCUT2D eigenvalue weighted by Gasteiger charge is -2.19. The Bertz CT molecular complexity index is 484. The Kier molecular flexibility index (Phi) is 3.70. The lowest BCUT2D eigenvalue weighted by atomic mass is 10.2. The zero-order valence-electron chi connectivity index (χ0n) is 10.0. The second kappa shape index (κ2) is 4.38. The first-order valence-electron chi connectivity index (χ1n) is 5.11. The normalized spacial score (nSPS) is 12.8. The third-order valence-electron chi connectivity index (χ3n) is 2.48. The van der Waals surface area contributed by atoms with Gasteiger partial charge >= 0.3 is 0 Å². The smallest absolute Gasteiger partial charge is 0.159 e. The molecule has 0 unspecified atom stereocenters. The maximum absolute atomic E-state index is 12.0. The Morgan fingerprint density at radius 3 is 2.31 bits per heavy atom. The number of sulfone groups is 1. The average molecular weight is 261 g/mol. The van der Waals surface area contributed by atoms with Gasteiger partial charge in [0.2, 0.25) is 0 Å². The third-order valence-corrected chi connectivity index (χ3v) is 5.41. The Balaban J connectivity index is 3.11. The predicted octanol–water partition coefficient (Wildman–Crippen LogP) is 3.36. The van der Waals surface area contributed by atoms with Crippen LogP contribution in [0.3, 0.4) is 0 Å². The summed E-state index contributed by atoms with van der Waals surface area (Å²) in [6.45, 7) is 7.02. The fraction of sp³-hybridized carbons (Fsp3) is 0.500. The highest BCUT2D eigenvalue weighted by atomic mass is 35.5. The van der Waals surface area contributed by atoms with E-state index in [4.69, 9.17) is 11.6 Å². The SMILES string of the molecule is Cc1ccc(Cl)c(CS(=O)(=O)C(C)(C)C)c1. The minimum atomic E-state index is -3.17. The first kappa shape index (κ1) is 13.5. The van der Waals surface area contributed by atoms with E-state index in [0.29, 0.717) is 10.6 Å². The Morgan fingerprint density at radius 2 is 1.81 bits per heavy atom. The van der Waals surface area contributed by atoms with Crippen molar-refractivity contribution in [1.82, 2.24) is 0 Å². The highest BCUT2D eigenvalue weighted by Gasteiger charge is 2.29. The molecule has 0 saturated carbocycles. The highest BCUT2D eigenvalue weighted by molar-refractivity contribution is 7.91. The maximum atomic E-state index is 12.0. The van der Waals surface area contributed by atoms with Gasteiger partial charge < -0.3 is 0 Å². The van der Waals surface area contributed by atoms with Gasteiger partial charge in [-0.25, -0.2) is 8.42 Å². The van der Waals surface area contributed by atoms with E-state index in [-0.39, 0.29) is 5.75 Å². The van der Waals surface area contributed by atoms with Crippen molar-refractivity contribution in [2.45, 2.75) is 38.2 Å². The van der Waals surface area contributed by atoms with Crippen LogP contribution in [-0.2, 0) is 15.6 Å². The summed E-state index contributed by atoms with van der Waals surface area (Å²) in [5.41, 5.74) is 1.69. The van der Waals surface area contributed by atoms with Gasteiger partial charge in [0.1, 0.15) is 0 Å². The molecule has 16 heavy (non-hydrogen) atoms. The molecule has 0 spiro atoms. The van der Waals surface area contributed by atoms with Crippen LogP contribution in [0.15, 0.2) is 18.2 Å². The highest BCUT2D eigenvalue weighted by Crippen LogP contribution is 2.25. The molecule has 0 heterocycles. The van der Waals surface area contributed by atoms with Crippen LogP contribution in [0.5, 0.6) is 0 Å². The van der Waals surface area contributed by atoms with Gasteiger partial charge in [0.15, 0.2) is 9.84 Å². The van der Waals surface area contributed by atoms with E-state index in [1.165, 1.54) is 0 Å². The molecule has 1 aromatic rings. The Hall–Kier alpha value is -0.540. The van der Waals surface area contributed by atoms with Crippen LogP contribution in [0, 0.1) is 6.92 Å². The van der Waals surface area contributed by atoms with E-state index in [2.05, 4.69) is 0 Å². The van der Waals surface area contributed by atoms with Gasteiger partial charge in [-0.05, 0) is 39.3 Å². The van der Waals surface area contributed by atoms with Gasteiger partial charge in [0.25, 0.3) is 0 Å². The van der Waals surface area contributed by atoms with E-state index < -0.39 is 14.6 Å². The van der Waals surface area contributed by atoms with Crippen molar-refractivity contribution in [3.63, 3.8) is 0 Å². The van der Waals surface area contributed by atoms with Crippen LogP contribution in [0.1, 0.15) is 31.9 Å². The molecule has 1 rings (SSSR count). The van der Waals surface area contributed by atoms with Crippen molar-refractivity contribution < 1.29 is 8.42 Å². The van der Waals surface area contributed by atoms with Crippen LogP contribution in [0.25, 0.3) is 0 Å². The lowest BCUT2D eigenvalue weighted by Crippen LogP contribution is -2.29. The first-order chi connectivity index (χ1) is 7.13. The van der Waals surface area contributed by atoms with Gasteiger partial charge in [-0.3, -0.25) is 0 Å². The number of halogens is 1. The largest absolute Gasteiger partial charge is 0.228 e. The van der Waals surface area contributed by atoms with E-state index in [1.54, 1.807) is 26.8 Å². The summed E-state index contributed by atoms with van der Waals surface area (Å²) in [7, 11) is -3.17. The molecule has 4 heteroatoms. The summed E-state index contributed by atoms with van der Waals surface area (Å²) >= 11 is 5.99. The second-order valence-corrected chi connectivity index (χ2v) is 8.12. The summed E-state index contributed by atoms with van der Waals surface area (Å²) in [6.07, 6.45) is 0. The summed E-state index contributed by atoms with van der Waals surface area (Å²) in [5.74, 6) is -0.00296. The van der Waals surface area contributed by atoms with Crippen molar-refractivity contribution in [2.75, 3.05) is 0 Å². The van der Waals surface area contributed by atoms with Crippen molar-refractivity contribution >= 4 is 21.4 Å². The minimum absolute atomic E-state index is 0.00296. The van der Waals surface area contributed by atoms with Crippen LogP contribution in [0.4, 0.5) is 0 Å². The van der Waals surface area contributed by atoms with Crippen molar-refractivity contribution in [2.24, 2.45) is 0 Å². The summed E-state index contributed by atoms with van der Waals surface area (Å²) < 4.78 is 23.3. The number of hydrogen-bond donors (Lipinski definition) is 0. The molecular formula is C12H17ClO2S. The molecule has 2 nitrogen and oxygen atoms in total. The fourth-order valence-corrected chi connectivity index (χ4v) is 2.58. The van der Waals surface area contributed by atoms with Gasteiger partial charge in [-0.1, -0.05) is 29.3 Å². The molecule has 0 amide bonds. The average Bonchev–Trinajstić information content (AvgIpc) is 2.09. The van der Waals surface area contributed by atoms with Gasteiger partial charge in [0.05, 0.1) is 10.5 Å². The maximum Gasteiger partial charge on any atom is 0.159 e. The summed E-state index contributed by atoms with van der Waals surface area (Å²) in [6, 6.07) is 5.44. The molecule has 0 radical (unpaired) electrons. The number of benzene rings is 1. The summed E-state index contributed by atoms with van der Waals surface area (Å²) in [5, 5.41) is 0.512. The molecule has 0 aliphatic heterocycles. The van der Waals surface area contributed by atoms with Crippen LogP contribution < -0.4 is 0 Å². The van der Waals surface area contributed by atoms with Crippen LogP contribution in [0.2, 0.25) is 5.02 Å². The molecule has 0 saturated heterocycles. The molecule has 0 bridgehead atoms. The van der Waals surface area contributed by atoms with E-state index in [1.807, 2.05) is 19.1 Å². The zero-order chi connectivity index (χ0) is 12.6. The lowest BCUT2D eigenvalue weighted by molar-refractivity contribution is 0.559. The monoisotopic (exact) mass is 260 g/mol. The molecule has 0 aromatic heterocycles. The van der Waals surface area contributed by atoms with Gasteiger partial charge in [-0.15, -0.1) is 0 Å². The number of aryl methyl sites for hydroxylation is 1. The number of rotatable bonds is 2. The predicted molar refractivity (Wildman–Crippen MR) is 68.6 cm³/mol.